The monoisotopic (exact) mass is 235 g/mol. The minimum Gasteiger partial charge on any atom is -0.444 e. The molecule has 90 valence electrons. The van der Waals surface area contributed by atoms with Crippen molar-refractivity contribution in [3.8, 4) is 0 Å². The largest absolute Gasteiger partial charge is 0.444 e. The van der Waals surface area contributed by atoms with Gasteiger partial charge in [-0.3, -0.25) is 4.90 Å². The maximum absolute atomic E-state index is 13.2. The minimum atomic E-state index is -0.340. The lowest BCUT2D eigenvalue weighted by molar-refractivity contribution is 0.113. The normalized spacial score (nSPS) is 27.8. The van der Waals surface area contributed by atoms with Crippen LogP contribution in [0.15, 0.2) is 24.3 Å². The molecule has 1 unspecified atom stereocenters. The van der Waals surface area contributed by atoms with E-state index in [1.54, 1.807) is 17.0 Å². The molecule has 3 rings (SSSR count). The number of carbonyl (C=O) groups is 1. The Kier molecular flexibility index (Phi) is 2.50. The fourth-order valence-corrected chi connectivity index (χ4v) is 2.75. The van der Waals surface area contributed by atoms with E-state index in [4.69, 9.17) is 4.74 Å². The van der Waals surface area contributed by atoms with Crippen LogP contribution in [-0.2, 0) is 4.74 Å². The number of anilines is 1. The topological polar surface area (TPSA) is 29.5 Å². The van der Waals surface area contributed by atoms with Crippen LogP contribution in [0.1, 0.15) is 25.7 Å². The van der Waals surface area contributed by atoms with Crippen LogP contribution < -0.4 is 4.90 Å². The van der Waals surface area contributed by atoms with Crippen molar-refractivity contribution in [2.75, 3.05) is 4.90 Å². The molecular formula is C13H14FNO2. The molecule has 1 aromatic rings. The van der Waals surface area contributed by atoms with Crippen LogP contribution in [0.2, 0.25) is 0 Å². The Labute approximate surface area is 99.2 Å². The number of rotatable bonds is 1. The second-order valence-corrected chi connectivity index (χ2v) is 4.62. The zero-order valence-electron chi connectivity index (χ0n) is 9.43. The Morgan fingerprint density at radius 2 is 2.12 bits per heavy atom. The third kappa shape index (κ3) is 1.77. The van der Waals surface area contributed by atoms with Gasteiger partial charge in [0.25, 0.3) is 0 Å². The molecule has 1 saturated carbocycles. The first kappa shape index (κ1) is 10.6. The first-order valence-electron chi connectivity index (χ1n) is 6.01. The number of ether oxygens (including phenoxy) is 1. The molecule has 0 spiro atoms. The van der Waals surface area contributed by atoms with Gasteiger partial charge in [0.15, 0.2) is 0 Å². The SMILES string of the molecule is O=C1O[C@@H]2CCCCC2N1c1cccc(F)c1. The molecule has 2 atom stereocenters. The second kappa shape index (κ2) is 4.02. The third-order valence-corrected chi connectivity index (χ3v) is 3.53. The van der Waals surface area contributed by atoms with Gasteiger partial charge in [-0.15, -0.1) is 0 Å². The van der Waals surface area contributed by atoms with Crippen molar-refractivity contribution < 1.29 is 13.9 Å². The molecule has 0 N–H and O–H groups in total. The van der Waals surface area contributed by atoms with E-state index in [-0.39, 0.29) is 24.1 Å². The highest BCUT2D eigenvalue weighted by atomic mass is 19.1. The van der Waals surface area contributed by atoms with Gasteiger partial charge in [0, 0.05) is 0 Å². The molecule has 3 nitrogen and oxygen atoms in total. The van der Waals surface area contributed by atoms with E-state index in [0.717, 1.165) is 25.7 Å². The number of carbonyl (C=O) groups excluding carboxylic acids is 1. The van der Waals surface area contributed by atoms with Gasteiger partial charge in [0.05, 0.1) is 11.7 Å². The number of amides is 1. The van der Waals surface area contributed by atoms with Gasteiger partial charge in [0.1, 0.15) is 11.9 Å². The van der Waals surface area contributed by atoms with Crippen molar-refractivity contribution in [1.29, 1.82) is 0 Å². The molecule has 4 heteroatoms. The quantitative estimate of drug-likeness (QED) is 0.748. The van der Waals surface area contributed by atoms with Crippen LogP contribution in [0, 0.1) is 5.82 Å². The minimum absolute atomic E-state index is 0.0143. The molecule has 0 radical (unpaired) electrons. The Balaban J connectivity index is 1.93. The van der Waals surface area contributed by atoms with Gasteiger partial charge < -0.3 is 4.74 Å². The van der Waals surface area contributed by atoms with E-state index in [1.165, 1.54) is 12.1 Å². The van der Waals surface area contributed by atoms with Crippen LogP contribution in [0.5, 0.6) is 0 Å². The fourth-order valence-electron chi connectivity index (χ4n) is 2.75. The van der Waals surface area contributed by atoms with E-state index in [9.17, 15) is 9.18 Å². The molecule has 2 aliphatic rings. The van der Waals surface area contributed by atoms with Gasteiger partial charge in [-0.1, -0.05) is 12.5 Å². The summed E-state index contributed by atoms with van der Waals surface area (Å²) in [5.74, 6) is -0.324. The Bertz CT molecular complexity index is 449. The molecule has 0 aromatic heterocycles. The lowest BCUT2D eigenvalue weighted by Crippen LogP contribution is -2.38. The lowest BCUT2D eigenvalue weighted by atomic mass is 9.92. The highest BCUT2D eigenvalue weighted by molar-refractivity contribution is 5.90. The first-order chi connectivity index (χ1) is 8.25. The van der Waals surface area contributed by atoms with Gasteiger partial charge in [-0.2, -0.15) is 0 Å². The predicted molar refractivity (Wildman–Crippen MR) is 61.4 cm³/mol. The maximum atomic E-state index is 13.2. The summed E-state index contributed by atoms with van der Waals surface area (Å²) in [7, 11) is 0. The zero-order valence-corrected chi connectivity index (χ0v) is 9.43. The summed E-state index contributed by atoms with van der Waals surface area (Å²) in [6.07, 6.45) is 3.71. The van der Waals surface area contributed by atoms with Crippen LogP contribution in [0.3, 0.4) is 0 Å². The number of fused-ring (bicyclic) bond motifs is 1. The van der Waals surface area contributed by atoms with Crippen LogP contribution >= 0.6 is 0 Å². The number of benzene rings is 1. The smallest absolute Gasteiger partial charge is 0.415 e. The molecule has 17 heavy (non-hydrogen) atoms. The molecule has 1 aliphatic heterocycles. The first-order valence-corrected chi connectivity index (χ1v) is 6.01. The molecule has 1 amide bonds. The Hall–Kier alpha value is -1.58. The number of hydrogen-bond acceptors (Lipinski definition) is 2. The third-order valence-electron chi connectivity index (χ3n) is 3.53. The molecule has 2 fully saturated rings. The molecule has 0 bridgehead atoms. The zero-order chi connectivity index (χ0) is 11.8. The van der Waals surface area contributed by atoms with Crippen LogP contribution in [0.25, 0.3) is 0 Å². The average molecular weight is 235 g/mol. The van der Waals surface area contributed by atoms with Crippen molar-refractivity contribution in [3.63, 3.8) is 0 Å². The molecule has 1 aliphatic carbocycles. The van der Waals surface area contributed by atoms with E-state index < -0.39 is 0 Å². The standard InChI is InChI=1S/C13H14FNO2/c14-9-4-3-5-10(8-9)15-11-6-1-2-7-12(11)17-13(15)16/h3-5,8,11-12H,1-2,6-7H2/t11?,12-/m1/s1. The predicted octanol–water partition coefficient (Wildman–Crippen LogP) is 3.09. The van der Waals surface area contributed by atoms with Gasteiger partial charge in [0.2, 0.25) is 0 Å². The van der Waals surface area contributed by atoms with E-state index in [0.29, 0.717) is 5.69 Å². The van der Waals surface area contributed by atoms with E-state index in [1.807, 2.05) is 0 Å². The Morgan fingerprint density at radius 3 is 2.94 bits per heavy atom. The van der Waals surface area contributed by atoms with Gasteiger partial charge >= 0.3 is 6.09 Å². The highest BCUT2D eigenvalue weighted by Gasteiger charge is 2.43. The lowest BCUT2D eigenvalue weighted by Gasteiger charge is -2.27. The fraction of sp³-hybridized carbons (Fsp3) is 0.462. The molecule has 1 saturated heterocycles. The van der Waals surface area contributed by atoms with Crippen molar-refractivity contribution in [3.05, 3.63) is 30.1 Å². The summed E-state index contributed by atoms with van der Waals surface area (Å²) in [6, 6.07) is 6.22. The van der Waals surface area contributed by atoms with Crippen molar-refractivity contribution >= 4 is 11.8 Å². The van der Waals surface area contributed by atoms with Crippen molar-refractivity contribution in [2.24, 2.45) is 0 Å². The van der Waals surface area contributed by atoms with E-state index >= 15 is 0 Å². The Morgan fingerprint density at radius 1 is 1.29 bits per heavy atom. The number of hydrogen-bond donors (Lipinski definition) is 0. The summed E-state index contributed by atoms with van der Waals surface area (Å²) in [5, 5.41) is 0. The van der Waals surface area contributed by atoms with Crippen LogP contribution in [-0.4, -0.2) is 18.2 Å². The average Bonchev–Trinajstić information content (AvgIpc) is 2.64. The van der Waals surface area contributed by atoms with Gasteiger partial charge in [-0.05, 0) is 37.5 Å². The van der Waals surface area contributed by atoms with Crippen LogP contribution in [0.4, 0.5) is 14.9 Å². The summed E-state index contributed by atoms with van der Waals surface area (Å²) in [4.78, 5) is 13.4. The summed E-state index contributed by atoms with van der Waals surface area (Å²) < 4.78 is 18.5. The summed E-state index contributed by atoms with van der Waals surface area (Å²) in [5.41, 5.74) is 0.601. The van der Waals surface area contributed by atoms with Crippen molar-refractivity contribution in [2.45, 2.75) is 37.8 Å². The van der Waals surface area contributed by atoms with Crippen molar-refractivity contribution in [1.82, 2.24) is 0 Å². The number of halogens is 1. The highest BCUT2D eigenvalue weighted by Crippen LogP contribution is 2.35. The van der Waals surface area contributed by atoms with E-state index in [2.05, 4.69) is 0 Å². The molecular weight excluding hydrogens is 221 g/mol. The summed E-state index contributed by atoms with van der Waals surface area (Å²) in [6.45, 7) is 0. The second-order valence-electron chi connectivity index (χ2n) is 4.62. The molecule has 1 aromatic carbocycles. The molecule has 1 heterocycles. The maximum Gasteiger partial charge on any atom is 0.415 e. The summed E-state index contributed by atoms with van der Waals surface area (Å²) >= 11 is 0. The van der Waals surface area contributed by atoms with Gasteiger partial charge in [-0.25, -0.2) is 9.18 Å². The number of nitrogens with zero attached hydrogens (tertiary/aromatic N) is 1.